The molecule has 9 heavy (non-hydrogen) atoms. The van der Waals surface area contributed by atoms with E-state index < -0.39 is 5.60 Å². The Morgan fingerprint density at radius 1 is 1.33 bits per heavy atom. The van der Waals surface area contributed by atoms with Gasteiger partial charge in [0.1, 0.15) is 0 Å². The first kappa shape index (κ1) is 7.03. The zero-order chi connectivity index (χ0) is 6.74. The van der Waals surface area contributed by atoms with Gasteiger partial charge in [-0.25, -0.2) is 0 Å². The third-order valence-electron chi connectivity index (χ3n) is 1.79. The lowest BCUT2D eigenvalue weighted by molar-refractivity contribution is 0.0364. The first-order chi connectivity index (χ1) is 4.21. The van der Waals surface area contributed by atoms with E-state index in [1.165, 1.54) is 0 Å². The van der Waals surface area contributed by atoms with E-state index in [1.807, 2.05) is 6.92 Å². The summed E-state index contributed by atoms with van der Waals surface area (Å²) in [7, 11) is 0. The SMILES string of the molecule is CC1(O)CCCOCC1. The molecule has 1 aliphatic rings. The molecule has 1 saturated heterocycles. The second-order valence-electron chi connectivity index (χ2n) is 2.96. The molecule has 0 aliphatic carbocycles. The number of ether oxygens (including phenoxy) is 1. The molecule has 1 heterocycles. The van der Waals surface area contributed by atoms with Crippen LogP contribution in [0.15, 0.2) is 0 Å². The van der Waals surface area contributed by atoms with E-state index in [-0.39, 0.29) is 0 Å². The van der Waals surface area contributed by atoms with E-state index in [4.69, 9.17) is 4.74 Å². The number of aliphatic hydroxyl groups is 1. The Labute approximate surface area is 55.8 Å². The Morgan fingerprint density at radius 3 is 2.89 bits per heavy atom. The lowest BCUT2D eigenvalue weighted by Crippen LogP contribution is -2.23. The minimum absolute atomic E-state index is 0.462. The van der Waals surface area contributed by atoms with E-state index in [0.29, 0.717) is 6.61 Å². The fourth-order valence-electron chi connectivity index (χ4n) is 1.07. The van der Waals surface area contributed by atoms with Gasteiger partial charge in [0.2, 0.25) is 0 Å². The minimum Gasteiger partial charge on any atom is -0.390 e. The van der Waals surface area contributed by atoms with Crippen molar-refractivity contribution in [2.75, 3.05) is 13.2 Å². The Bertz CT molecular complexity index is 78.9. The highest BCUT2D eigenvalue weighted by Crippen LogP contribution is 2.19. The Hall–Kier alpha value is -0.0800. The van der Waals surface area contributed by atoms with E-state index in [0.717, 1.165) is 25.9 Å². The van der Waals surface area contributed by atoms with Crippen LogP contribution in [0.3, 0.4) is 0 Å². The maximum atomic E-state index is 9.47. The van der Waals surface area contributed by atoms with Crippen molar-refractivity contribution in [3.8, 4) is 0 Å². The molecule has 0 bridgehead atoms. The van der Waals surface area contributed by atoms with Crippen molar-refractivity contribution in [1.82, 2.24) is 0 Å². The molecule has 2 heteroatoms. The summed E-state index contributed by atoms with van der Waals surface area (Å²) in [5.74, 6) is 0. The molecule has 1 N–H and O–H groups in total. The first-order valence-electron chi connectivity index (χ1n) is 3.51. The summed E-state index contributed by atoms with van der Waals surface area (Å²) in [6.07, 6.45) is 2.66. The molecule has 0 aromatic carbocycles. The normalized spacial score (nSPS) is 38.0. The van der Waals surface area contributed by atoms with Gasteiger partial charge in [0, 0.05) is 13.2 Å². The summed E-state index contributed by atoms with van der Waals surface area (Å²) < 4.78 is 5.17. The van der Waals surface area contributed by atoms with Crippen molar-refractivity contribution in [2.45, 2.75) is 31.8 Å². The van der Waals surface area contributed by atoms with Crippen LogP contribution in [0.4, 0.5) is 0 Å². The Balaban J connectivity index is 2.36. The molecule has 0 aromatic heterocycles. The summed E-state index contributed by atoms with van der Waals surface area (Å²) in [6, 6.07) is 0. The van der Waals surface area contributed by atoms with Gasteiger partial charge in [-0.3, -0.25) is 0 Å². The molecule has 0 radical (unpaired) electrons. The summed E-state index contributed by atoms with van der Waals surface area (Å²) in [5.41, 5.74) is -0.462. The van der Waals surface area contributed by atoms with Gasteiger partial charge in [0.25, 0.3) is 0 Å². The quantitative estimate of drug-likeness (QED) is 0.528. The van der Waals surface area contributed by atoms with Gasteiger partial charge < -0.3 is 9.84 Å². The third-order valence-corrected chi connectivity index (χ3v) is 1.79. The number of hydrogen-bond donors (Lipinski definition) is 1. The Kier molecular flexibility index (Phi) is 2.09. The largest absolute Gasteiger partial charge is 0.390 e. The van der Waals surface area contributed by atoms with Crippen LogP contribution >= 0.6 is 0 Å². The van der Waals surface area contributed by atoms with Crippen LogP contribution in [0.5, 0.6) is 0 Å². The molecule has 1 fully saturated rings. The summed E-state index contributed by atoms with van der Waals surface area (Å²) in [4.78, 5) is 0. The maximum Gasteiger partial charge on any atom is 0.0642 e. The number of hydrogen-bond acceptors (Lipinski definition) is 2. The molecule has 54 valence electrons. The van der Waals surface area contributed by atoms with Gasteiger partial charge in [-0.1, -0.05) is 0 Å². The van der Waals surface area contributed by atoms with Crippen molar-refractivity contribution in [1.29, 1.82) is 0 Å². The summed E-state index contributed by atoms with van der Waals surface area (Å²) >= 11 is 0. The molecular weight excluding hydrogens is 116 g/mol. The van der Waals surface area contributed by atoms with Gasteiger partial charge >= 0.3 is 0 Å². The van der Waals surface area contributed by atoms with E-state index >= 15 is 0 Å². The van der Waals surface area contributed by atoms with Crippen molar-refractivity contribution >= 4 is 0 Å². The summed E-state index contributed by atoms with van der Waals surface area (Å²) in [5, 5.41) is 9.47. The molecule has 1 aliphatic heterocycles. The van der Waals surface area contributed by atoms with Crippen molar-refractivity contribution in [3.63, 3.8) is 0 Å². The zero-order valence-electron chi connectivity index (χ0n) is 5.89. The zero-order valence-corrected chi connectivity index (χ0v) is 5.89. The third kappa shape index (κ3) is 2.33. The van der Waals surface area contributed by atoms with Gasteiger partial charge in [0.05, 0.1) is 5.60 Å². The van der Waals surface area contributed by atoms with Crippen LogP contribution in [0, 0.1) is 0 Å². The molecule has 1 unspecified atom stereocenters. The van der Waals surface area contributed by atoms with Crippen LogP contribution in [0.1, 0.15) is 26.2 Å². The van der Waals surface area contributed by atoms with Gasteiger partial charge in [-0.05, 0) is 26.2 Å². The smallest absolute Gasteiger partial charge is 0.0642 e. The fourth-order valence-corrected chi connectivity index (χ4v) is 1.07. The molecule has 0 saturated carbocycles. The number of rotatable bonds is 0. The molecule has 0 spiro atoms. The lowest BCUT2D eigenvalue weighted by Gasteiger charge is -2.18. The predicted octanol–water partition coefficient (Wildman–Crippen LogP) is 0.938. The van der Waals surface area contributed by atoms with E-state index in [9.17, 15) is 5.11 Å². The second kappa shape index (κ2) is 2.67. The van der Waals surface area contributed by atoms with Crippen LogP contribution in [0.2, 0.25) is 0 Å². The van der Waals surface area contributed by atoms with E-state index in [2.05, 4.69) is 0 Å². The average molecular weight is 130 g/mol. The molecule has 0 amide bonds. The van der Waals surface area contributed by atoms with Crippen molar-refractivity contribution in [2.24, 2.45) is 0 Å². The van der Waals surface area contributed by atoms with Crippen LogP contribution in [-0.2, 0) is 4.74 Å². The minimum atomic E-state index is -0.462. The predicted molar refractivity (Wildman–Crippen MR) is 35.3 cm³/mol. The van der Waals surface area contributed by atoms with Crippen LogP contribution < -0.4 is 0 Å². The van der Waals surface area contributed by atoms with Crippen LogP contribution in [-0.4, -0.2) is 23.9 Å². The molecular formula is C7H14O2. The first-order valence-corrected chi connectivity index (χ1v) is 3.51. The van der Waals surface area contributed by atoms with Crippen LogP contribution in [0.25, 0.3) is 0 Å². The standard InChI is InChI=1S/C7H14O2/c1-7(8)3-2-5-9-6-4-7/h8H,2-6H2,1H3. The molecule has 2 nitrogen and oxygen atoms in total. The highest BCUT2D eigenvalue weighted by Gasteiger charge is 2.21. The highest BCUT2D eigenvalue weighted by molar-refractivity contribution is 4.73. The Morgan fingerprint density at radius 2 is 2.11 bits per heavy atom. The molecule has 1 atom stereocenters. The van der Waals surface area contributed by atoms with Gasteiger partial charge in [0.15, 0.2) is 0 Å². The van der Waals surface area contributed by atoms with Gasteiger partial charge in [-0.2, -0.15) is 0 Å². The average Bonchev–Trinajstić information content (AvgIpc) is 1.92. The maximum absolute atomic E-state index is 9.47. The topological polar surface area (TPSA) is 29.5 Å². The van der Waals surface area contributed by atoms with Crippen molar-refractivity contribution in [3.05, 3.63) is 0 Å². The summed E-state index contributed by atoms with van der Waals surface area (Å²) in [6.45, 7) is 3.41. The fraction of sp³-hybridized carbons (Fsp3) is 1.00. The van der Waals surface area contributed by atoms with Gasteiger partial charge in [-0.15, -0.1) is 0 Å². The molecule has 0 aromatic rings. The van der Waals surface area contributed by atoms with E-state index in [1.54, 1.807) is 0 Å². The lowest BCUT2D eigenvalue weighted by atomic mass is 9.98. The second-order valence-corrected chi connectivity index (χ2v) is 2.96. The van der Waals surface area contributed by atoms with Crippen molar-refractivity contribution < 1.29 is 9.84 Å². The molecule has 1 rings (SSSR count). The monoisotopic (exact) mass is 130 g/mol. The highest BCUT2D eigenvalue weighted by atomic mass is 16.5.